The molecule has 0 aromatic carbocycles. The van der Waals surface area contributed by atoms with E-state index in [1.54, 1.807) is 19.5 Å². The van der Waals surface area contributed by atoms with E-state index in [1.165, 1.54) is 6.08 Å². The Labute approximate surface area is 42.8 Å². The number of carbonyl (C=O) groups excluding carboxylic acids is 1. The van der Waals surface area contributed by atoms with Crippen LogP contribution in [0.2, 0.25) is 0 Å². The van der Waals surface area contributed by atoms with E-state index in [1.807, 2.05) is 0 Å². The quantitative estimate of drug-likeness (QED) is 0.475. The molecule has 7 heavy (non-hydrogen) atoms. The average Bonchev–Trinajstić information content (AvgIpc) is 1.69. The topological polar surface area (TPSA) is 26.3 Å². The fourth-order valence-corrected chi connectivity index (χ4v) is 0.192. The van der Waals surface area contributed by atoms with Gasteiger partial charge in [0, 0.05) is 7.11 Å². The van der Waals surface area contributed by atoms with Gasteiger partial charge in [0.25, 0.3) is 0 Å². The van der Waals surface area contributed by atoms with Gasteiger partial charge in [-0.3, -0.25) is 4.79 Å². The lowest BCUT2D eigenvalue weighted by atomic mass is 10.5. The molecule has 0 heterocycles. The van der Waals surface area contributed by atoms with Crippen LogP contribution in [-0.4, -0.2) is 20.0 Å². The lowest BCUT2D eigenvalue weighted by Gasteiger charge is -1.81. The summed E-state index contributed by atoms with van der Waals surface area (Å²) in [7, 11) is 1.56. The Morgan fingerprint density at radius 1 is 1.86 bits per heavy atom. The minimum Gasteiger partial charge on any atom is -0.381 e. The van der Waals surface area contributed by atoms with E-state index in [2.05, 4.69) is 4.74 Å². The first-order valence-corrected chi connectivity index (χ1v) is 1.93. The molecule has 2 heteroatoms. The highest BCUT2D eigenvalue weighted by atomic mass is 16.5. The smallest absolute Gasteiger partial charge is 0.225 e. The van der Waals surface area contributed by atoms with Crippen LogP contribution in [0.25, 0.3) is 0 Å². The molecule has 0 unspecified atom stereocenters. The SMILES string of the molecule is COC/C=C/[C]=O. The summed E-state index contributed by atoms with van der Waals surface area (Å²) in [6.45, 7) is 0.481. The fourth-order valence-electron chi connectivity index (χ4n) is 0.192. The first-order chi connectivity index (χ1) is 3.41. The Hall–Kier alpha value is -0.630. The van der Waals surface area contributed by atoms with Gasteiger partial charge in [-0.15, -0.1) is 0 Å². The predicted molar refractivity (Wildman–Crippen MR) is 26.7 cm³/mol. The number of methoxy groups -OCH3 is 1. The molecule has 0 bridgehead atoms. The Morgan fingerprint density at radius 2 is 2.57 bits per heavy atom. The summed E-state index contributed by atoms with van der Waals surface area (Å²) in [6, 6.07) is 0. The number of allylic oxidation sites excluding steroid dienone is 1. The molecule has 0 aliphatic carbocycles. The van der Waals surface area contributed by atoms with Crippen molar-refractivity contribution in [3.63, 3.8) is 0 Å². The Kier molecular flexibility index (Phi) is 4.89. The van der Waals surface area contributed by atoms with Gasteiger partial charge in [0.1, 0.15) is 0 Å². The molecule has 0 rings (SSSR count). The minimum absolute atomic E-state index is 0.481. The van der Waals surface area contributed by atoms with Crippen molar-refractivity contribution in [1.82, 2.24) is 0 Å². The summed E-state index contributed by atoms with van der Waals surface area (Å²) in [5.41, 5.74) is 0. The van der Waals surface area contributed by atoms with Gasteiger partial charge >= 0.3 is 0 Å². The lowest BCUT2D eigenvalue weighted by Crippen LogP contribution is -1.79. The maximum absolute atomic E-state index is 9.41. The number of hydrogen-bond donors (Lipinski definition) is 0. The van der Waals surface area contributed by atoms with Crippen LogP contribution in [0.3, 0.4) is 0 Å². The number of hydrogen-bond acceptors (Lipinski definition) is 2. The third-order valence-electron chi connectivity index (χ3n) is 0.449. The first kappa shape index (κ1) is 6.37. The highest BCUT2D eigenvalue weighted by Crippen LogP contribution is 1.67. The molecule has 0 aromatic heterocycles. The maximum atomic E-state index is 9.41. The molecule has 0 atom stereocenters. The van der Waals surface area contributed by atoms with E-state index in [-0.39, 0.29) is 0 Å². The average molecular weight is 99.1 g/mol. The molecule has 1 radical (unpaired) electrons. The molecule has 0 saturated carbocycles. The van der Waals surface area contributed by atoms with Crippen molar-refractivity contribution in [3.8, 4) is 0 Å². The van der Waals surface area contributed by atoms with E-state index in [9.17, 15) is 4.79 Å². The molecule has 0 aromatic rings. The highest BCUT2D eigenvalue weighted by molar-refractivity contribution is 5.65. The molecule has 0 aliphatic heterocycles. The third kappa shape index (κ3) is 5.37. The van der Waals surface area contributed by atoms with Gasteiger partial charge in [-0.2, -0.15) is 0 Å². The van der Waals surface area contributed by atoms with Crippen LogP contribution < -0.4 is 0 Å². The van der Waals surface area contributed by atoms with Crippen molar-refractivity contribution in [2.24, 2.45) is 0 Å². The molecular formula is C5H7O2. The van der Waals surface area contributed by atoms with E-state index in [0.29, 0.717) is 6.61 Å². The van der Waals surface area contributed by atoms with Crippen molar-refractivity contribution in [2.75, 3.05) is 13.7 Å². The Bertz CT molecular complexity index is 66.5. The Morgan fingerprint density at radius 3 is 3.00 bits per heavy atom. The van der Waals surface area contributed by atoms with Gasteiger partial charge in [0.2, 0.25) is 6.29 Å². The maximum Gasteiger partial charge on any atom is 0.225 e. The molecule has 0 fully saturated rings. The van der Waals surface area contributed by atoms with Gasteiger partial charge < -0.3 is 4.74 Å². The van der Waals surface area contributed by atoms with Gasteiger partial charge in [-0.05, 0) is 6.08 Å². The van der Waals surface area contributed by atoms with Crippen LogP contribution in [0.15, 0.2) is 12.2 Å². The van der Waals surface area contributed by atoms with Crippen molar-refractivity contribution in [1.29, 1.82) is 0 Å². The van der Waals surface area contributed by atoms with Crippen LogP contribution in [0.4, 0.5) is 0 Å². The fraction of sp³-hybridized carbons (Fsp3) is 0.400. The van der Waals surface area contributed by atoms with Crippen molar-refractivity contribution >= 4 is 6.29 Å². The van der Waals surface area contributed by atoms with Crippen molar-refractivity contribution in [2.45, 2.75) is 0 Å². The second kappa shape index (κ2) is 5.37. The van der Waals surface area contributed by atoms with Gasteiger partial charge in [-0.1, -0.05) is 6.08 Å². The summed E-state index contributed by atoms with van der Waals surface area (Å²) in [4.78, 5) is 9.41. The molecule has 0 spiro atoms. The molecule has 0 aliphatic rings. The second-order valence-electron chi connectivity index (χ2n) is 0.976. The molecule has 39 valence electrons. The molecule has 0 saturated heterocycles. The summed E-state index contributed by atoms with van der Waals surface area (Å²) < 4.78 is 4.58. The Balaban J connectivity index is 2.92. The molecule has 2 nitrogen and oxygen atoms in total. The van der Waals surface area contributed by atoms with Crippen LogP contribution in [0.1, 0.15) is 0 Å². The zero-order chi connectivity index (χ0) is 5.54. The van der Waals surface area contributed by atoms with E-state index in [0.717, 1.165) is 0 Å². The highest BCUT2D eigenvalue weighted by Gasteiger charge is 1.67. The number of rotatable bonds is 3. The molecule has 0 amide bonds. The third-order valence-corrected chi connectivity index (χ3v) is 0.449. The second-order valence-corrected chi connectivity index (χ2v) is 0.976. The predicted octanol–water partition coefficient (Wildman–Crippen LogP) is 0.299. The van der Waals surface area contributed by atoms with Crippen LogP contribution >= 0.6 is 0 Å². The van der Waals surface area contributed by atoms with Gasteiger partial charge in [0.15, 0.2) is 0 Å². The zero-order valence-electron chi connectivity index (χ0n) is 4.18. The monoisotopic (exact) mass is 99.0 g/mol. The van der Waals surface area contributed by atoms with Gasteiger partial charge in [0.05, 0.1) is 6.61 Å². The van der Waals surface area contributed by atoms with Crippen LogP contribution in [0, 0.1) is 0 Å². The van der Waals surface area contributed by atoms with Crippen LogP contribution in [0.5, 0.6) is 0 Å². The van der Waals surface area contributed by atoms with E-state index < -0.39 is 0 Å². The lowest BCUT2D eigenvalue weighted by molar-refractivity contribution is 0.234. The minimum atomic E-state index is 0.481. The first-order valence-electron chi connectivity index (χ1n) is 1.93. The van der Waals surface area contributed by atoms with Crippen molar-refractivity contribution < 1.29 is 9.53 Å². The molecule has 0 N–H and O–H groups in total. The van der Waals surface area contributed by atoms with Gasteiger partial charge in [-0.25, -0.2) is 0 Å². The standard InChI is InChI=1S/C5H7O2/c1-7-5-3-2-4-6/h2-3H,5H2,1H3/b3-2+. The largest absolute Gasteiger partial charge is 0.381 e. The summed E-state index contributed by atoms with van der Waals surface area (Å²) in [5.74, 6) is 0. The van der Waals surface area contributed by atoms with E-state index >= 15 is 0 Å². The van der Waals surface area contributed by atoms with Crippen molar-refractivity contribution in [3.05, 3.63) is 12.2 Å². The van der Waals surface area contributed by atoms with E-state index in [4.69, 9.17) is 0 Å². The number of ether oxygens (including phenoxy) is 1. The normalized spacial score (nSPS) is 9.86. The summed E-state index contributed by atoms with van der Waals surface area (Å²) in [5, 5.41) is 0. The van der Waals surface area contributed by atoms with Crippen LogP contribution in [-0.2, 0) is 9.53 Å². The summed E-state index contributed by atoms with van der Waals surface area (Å²) in [6.07, 6.45) is 4.46. The molecular weight excluding hydrogens is 92.1 g/mol. The zero-order valence-corrected chi connectivity index (χ0v) is 4.18. The summed E-state index contributed by atoms with van der Waals surface area (Å²) >= 11 is 0.